The molecule has 0 aromatic heterocycles. The van der Waals surface area contributed by atoms with Gasteiger partial charge in [-0.2, -0.15) is 0 Å². The van der Waals surface area contributed by atoms with Crippen LogP contribution in [-0.2, 0) is 7.67 Å². The van der Waals surface area contributed by atoms with E-state index in [0.717, 1.165) is 0 Å². The van der Waals surface area contributed by atoms with Crippen LogP contribution in [0.1, 0.15) is 1.43 Å². The molecular weight excluding hydrogens is 238 g/mol. The van der Waals surface area contributed by atoms with Crippen LogP contribution in [0.25, 0.3) is 0 Å². The Kier molecular flexibility index (Phi) is 9.70. The molecule has 0 atom stereocenters. The first kappa shape index (κ1) is 14.8. The molecule has 1 aromatic carbocycles. The fraction of sp³-hybridized carbons (Fsp3) is 0. The van der Waals surface area contributed by atoms with Gasteiger partial charge in [0.2, 0.25) is 0 Å². The largest absolute Gasteiger partial charge is 1.00 e. The first-order chi connectivity index (χ1) is 5.00. The third kappa shape index (κ3) is 22.5. The van der Waals surface area contributed by atoms with Crippen molar-refractivity contribution in [3.05, 3.63) is 36.4 Å². The molecule has 0 saturated carbocycles. The molecule has 2 N–H and O–H groups in total. The van der Waals surface area contributed by atoms with E-state index in [-0.39, 0.29) is 31.0 Å². The van der Waals surface area contributed by atoms with Gasteiger partial charge in [0.05, 0.1) is 0 Å². The van der Waals surface area contributed by atoms with Crippen LogP contribution in [0.15, 0.2) is 36.4 Å². The van der Waals surface area contributed by atoms with Gasteiger partial charge in [-0.1, -0.05) is 36.4 Å². The van der Waals surface area contributed by atoms with Crippen LogP contribution in [0.4, 0.5) is 0 Å². The summed E-state index contributed by atoms with van der Waals surface area (Å²) < 4.78 is 31.9. The molecule has 1 rings (SSSR count). The van der Waals surface area contributed by atoms with Gasteiger partial charge >= 0.3 is 59.0 Å². The normalized spacial score (nSPS) is 8.83. The van der Waals surface area contributed by atoms with Crippen LogP contribution in [0.5, 0.6) is 0 Å². The summed E-state index contributed by atoms with van der Waals surface area (Å²) in [5.74, 6) is 0. The van der Waals surface area contributed by atoms with E-state index in [0.29, 0.717) is 0 Å². The van der Waals surface area contributed by atoms with E-state index in [1.807, 2.05) is 36.4 Å². The molecule has 0 aliphatic heterocycles. The maximum atomic E-state index is 8.82. The maximum absolute atomic E-state index is 8.82. The van der Waals surface area contributed by atoms with Crippen molar-refractivity contribution in [2.24, 2.45) is 0 Å². The van der Waals surface area contributed by atoms with Gasteiger partial charge in [0, 0.05) is 0 Å². The summed E-state index contributed by atoms with van der Waals surface area (Å²) in [4.78, 5) is 0. The van der Waals surface area contributed by atoms with Crippen molar-refractivity contribution in [3.63, 3.8) is 0 Å². The Morgan fingerprint density at radius 2 is 0.917 bits per heavy atom. The quantitative estimate of drug-likeness (QED) is 0.481. The molecule has 12 heavy (non-hydrogen) atoms. The second-order valence-electron chi connectivity index (χ2n) is 1.60. The second-order valence-corrected chi connectivity index (χ2v) is 3.48. The van der Waals surface area contributed by atoms with Gasteiger partial charge in [0.15, 0.2) is 0 Å². The van der Waals surface area contributed by atoms with Gasteiger partial charge in [0.1, 0.15) is 0 Å². The van der Waals surface area contributed by atoms with Crippen LogP contribution < -0.4 is 29.6 Å². The Labute approximate surface area is 96.3 Å². The van der Waals surface area contributed by atoms with E-state index in [2.05, 4.69) is 0 Å². The van der Waals surface area contributed by atoms with E-state index in [1.165, 1.54) is 0 Å². The summed E-state index contributed by atoms with van der Waals surface area (Å²) in [5.41, 5.74) is 0. The Bertz CT molecular complexity index is 241. The average Bonchev–Trinajstić information content (AvgIpc) is 1.88. The fourth-order valence-electron chi connectivity index (χ4n) is 0.385. The van der Waals surface area contributed by atoms with E-state index >= 15 is 0 Å². The minimum atomic E-state index is -5.25. The van der Waals surface area contributed by atoms with Crippen molar-refractivity contribution in [2.45, 2.75) is 0 Å². The summed E-state index contributed by atoms with van der Waals surface area (Å²) in [6.45, 7) is 0. The minimum absolute atomic E-state index is 0. The molecule has 0 fully saturated rings. The minimum Gasteiger partial charge on any atom is -1.00 e. The predicted octanol–water partition coefficient (Wildman–Crippen LogP) is -2.93. The number of rotatable bonds is 0. The molecule has 0 heterocycles. The van der Waals surface area contributed by atoms with Crippen LogP contribution >= 0.6 is 0 Å². The van der Waals surface area contributed by atoms with E-state index in [1.54, 1.807) is 0 Å². The average molecular weight is 247 g/mol. The predicted molar refractivity (Wildman–Crippen MR) is 39.1 cm³/mol. The first-order valence-electron chi connectivity index (χ1n) is 2.70. The third-order valence-electron chi connectivity index (χ3n) is 0.667. The van der Waals surface area contributed by atoms with Gasteiger partial charge < -0.3 is 1.43 Å². The summed E-state index contributed by atoms with van der Waals surface area (Å²) in [6, 6.07) is 12.0. The molecule has 4 nitrogen and oxygen atoms in total. The summed E-state index contributed by atoms with van der Waals surface area (Å²) in [6.07, 6.45) is 0. The molecule has 6 heteroatoms. The van der Waals surface area contributed by atoms with Crippen molar-refractivity contribution < 1.29 is 47.0 Å². The maximum Gasteiger partial charge on any atom is 1.00 e. The zero-order valence-electron chi connectivity index (χ0n) is 7.58. The third-order valence-corrected chi connectivity index (χ3v) is 0.667. The first-order valence-corrected chi connectivity index (χ1v) is 5.63. The van der Waals surface area contributed by atoms with Crippen molar-refractivity contribution in [3.8, 4) is 0 Å². The van der Waals surface area contributed by atoms with Crippen LogP contribution in [0, 0.1) is 0 Å². The Balaban J connectivity index is -0.000000136. The molecule has 0 aliphatic rings. The number of benzene rings is 1. The standard InChI is InChI=1S/C6H6.Na.H2O4Se.H/c1-2-4-6-5-3-1;;1-5(2,3)4;/h1-6H;;(H2,1,2,3,4);/q;+1;;-1. The van der Waals surface area contributed by atoms with Gasteiger partial charge in [-0.15, -0.1) is 0 Å². The smallest absolute Gasteiger partial charge is 1.00 e. The number of hydrogen-bond donors (Lipinski definition) is 2. The van der Waals surface area contributed by atoms with Gasteiger partial charge in [-0.25, -0.2) is 0 Å². The van der Waals surface area contributed by atoms with E-state index in [4.69, 9.17) is 16.0 Å². The van der Waals surface area contributed by atoms with E-state index in [9.17, 15) is 0 Å². The monoisotopic (exact) mass is 248 g/mol. The molecule has 0 spiro atoms. The van der Waals surface area contributed by atoms with Crippen LogP contribution in [0.2, 0.25) is 0 Å². The zero-order valence-corrected chi connectivity index (χ0v) is 10.3. The molecule has 0 bridgehead atoms. The van der Waals surface area contributed by atoms with Crippen molar-refractivity contribution in [2.75, 3.05) is 0 Å². The fourth-order valence-corrected chi connectivity index (χ4v) is 0.385. The molecule has 64 valence electrons. The Morgan fingerprint density at radius 3 is 1.00 bits per heavy atom. The topological polar surface area (TPSA) is 74.6 Å². The summed E-state index contributed by atoms with van der Waals surface area (Å²) in [7, 11) is 0. The molecular formula is C6H9NaO4Se. The Hall–Kier alpha value is 0.259. The summed E-state index contributed by atoms with van der Waals surface area (Å²) >= 11 is -5.25. The molecule has 0 aliphatic carbocycles. The molecule has 1 aromatic rings. The van der Waals surface area contributed by atoms with Gasteiger partial charge in [0.25, 0.3) is 0 Å². The van der Waals surface area contributed by atoms with Gasteiger partial charge in [-0.05, 0) is 0 Å². The van der Waals surface area contributed by atoms with Crippen LogP contribution in [0.3, 0.4) is 0 Å². The SMILES string of the molecule is O=[Se](=O)(O)O.[H-].[Na+].c1ccccc1. The Morgan fingerprint density at radius 1 is 0.833 bits per heavy atom. The van der Waals surface area contributed by atoms with E-state index < -0.39 is 13.4 Å². The van der Waals surface area contributed by atoms with Crippen molar-refractivity contribution in [1.82, 2.24) is 0 Å². The zero-order chi connectivity index (χ0) is 8.74. The van der Waals surface area contributed by atoms with Crippen molar-refractivity contribution >= 4 is 13.4 Å². The molecule has 0 radical (unpaired) electrons. The second kappa shape index (κ2) is 7.89. The van der Waals surface area contributed by atoms with Crippen LogP contribution in [-0.4, -0.2) is 21.7 Å². The van der Waals surface area contributed by atoms with Gasteiger partial charge in [-0.3, -0.25) is 0 Å². The molecule has 0 amide bonds. The number of hydrogen-bond acceptors (Lipinski definition) is 2. The molecule has 0 saturated heterocycles. The summed E-state index contributed by atoms with van der Waals surface area (Å²) in [5, 5.41) is 0. The molecule has 0 unspecified atom stereocenters. The van der Waals surface area contributed by atoms with Crippen molar-refractivity contribution in [1.29, 1.82) is 0 Å².